The van der Waals surface area contributed by atoms with Gasteiger partial charge < -0.3 is 5.11 Å². The molecular weight excluding hydrogens is 281 g/mol. The fourth-order valence-electron chi connectivity index (χ4n) is 2.07. The highest BCUT2D eigenvalue weighted by molar-refractivity contribution is 5.96. The number of carboxylic acids is 1. The number of carbonyl (C=O) groups is 1. The number of benzene rings is 2. The van der Waals surface area contributed by atoms with Crippen LogP contribution in [0.2, 0.25) is 0 Å². The maximum Gasteiger partial charge on any atom is 0.416 e. The van der Waals surface area contributed by atoms with Crippen LogP contribution in [0.25, 0.3) is 11.1 Å². The summed E-state index contributed by atoms with van der Waals surface area (Å²) in [7, 11) is 0. The largest absolute Gasteiger partial charge is 0.478 e. The first-order valence-electron chi connectivity index (χ1n) is 6.22. The molecule has 0 radical (unpaired) electrons. The van der Waals surface area contributed by atoms with E-state index in [1.54, 1.807) is 13.0 Å². The van der Waals surface area contributed by atoms with Gasteiger partial charge in [-0.2, -0.15) is 13.2 Å². The molecule has 2 aromatic rings. The molecule has 0 aliphatic carbocycles. The van der Waals surface area contributed by atoms with Gasteiger partial charge in [0, 0.05) is 0 Å². The van der Waals surface area contributed by atoms with Gasteiger partial charge in [0.15, 0.2) is 0 Å². The molecule has 0 unspecified atom stereocenters. The van der Waals surface area contributed by atoms with Gasteiger partial charge in [-0.3, -0.25) is 0 Å². The van der Waals surface area contributed by atoms with Crippen LogP contribution in [0.4, 0.5) is 13.2 Å². The number of hydrogen-bond acceptors (Lipinski definition) is 1. The number of halogens is 3. The van der Waals surface area contributed by atoms with Crippen molar-refractivity contribution in [1.29, 1.82) is 0 Å². The zero-order valence-electron chi connectivity index (χ0n) is 11.5. The van der Waals surface area contributed by atoms with Gasteiger partial charge in [-0.15, -0.1) is 0 Å². The number of aromatic carboxylic acids is 1. The minimum Gasteiger partial charge on any atom is -0.478 e. The molecule has 0 aromatic heterocycles. The van der Waals surface area contributed by atoms with Crippen LogP contribution in [0.1, 0.15) is 27.0 Å². The molecule has 0 saturated carbocycles. The van der Waals surface area contributed by atoms with Crippen LogP contribution >= 0.6 is 0 Å². The van der Waals surface area contributed by atoms with Crippen molar-refractivity contribution in [3.8, 4) is 11.1 Å². The van der Waals surface area contributed by atoms with E-state index in [0.717, 1.165) is 23.3 Å². The van der Waals surface area contributed by atoms with Crippen molar-refractivity contribution in [2.45, 2.75) is 20.0 Å². The standard InChI is InChI=1S/C16H13F3O2/c1-9-7-13(14(15(20)21)8-10(9)2)11-3-5-12(6-4-11)16(17,18)19/h3-8H,1-2H3,(H,20,21). The second-order valence-corrected chi connectivity index (χ2v) is 4.86. The van der Waals surface area contributed by atoms with Crippen molar-refractivity contribution in [2.24, 2.45) is 0 Å². The Morgan fingerprint density at radius 3 is 2.00 bits per heavy atom. The van der Waals surface area contributed by atoms with Gasteiger partial charge in [-0.1, -0.05) is 18.2 Å². The Morgan fingerprint density at radius 2 is 1.52 bits per heavy atom. The summed E-state index contributed by atoms with van der Waals surface area (Å²) >= 11 is 0. The Morgan fingerprint density at radius 1 is 1.00 bits per heavy atom. The molecule has 0 amide bonds. The molecule has 0 aliphatic rings. The summed E-state index contributed by atoms with van der Waals surface area (Å²) in [5, 5.41) is 9.25. The average molecular weight is 294 g/mol. The highest BCUT2D eigenvalue weighted by atomic mass is 19.4. The summed E-state index contributed by atoms with van der Waals surface area (Å²) in [6.07, 6.45) is -4.41. The lowest BCUT2D eigenvalue weighted by Gasteiger charge is -2.12. The molecular formula is C16H13F3O2. The number of alkyl halides is 3. The van der Waals surface area contributed by atoms with Crippen molar-refractivity contribution in [1.82, 2.24) is 0 Å². The van der Waals surface area contributed by atoms with Crippen LogP contribution in [0.15, 0.2) is 36.4 Å². The van der Waals surface area contributed by atoms with Gasteiger partial charge in [0.1, 0.15) is 0 Å². The summed E-state index contributed by atoms with van der Waals surface area (Å²) in [4.78, 5) is 11.3. The van der Waals surface area contributed by atoms with E-state index in [2.05, 4.69) is 0 Å². The predicted molar refractivity (Wildman–Crippen MR) is 73.3 cm³/mol. The summed E-state index contributed by atoms with van der Waals surface area (Å²) in [5.41, 5.74) is 1.89. The van der Waals surface area contributed by atoms with E-state index < -0.39 is 17.7 Å². The molecule has 0 atom stereocenters. The Kier molecular flexibility index (Phi) is 3.77. The van der Waals surface area contributed by atoms with Crippen molar-refractivity contribution in [3.63, 3.8) is 0 Å². The zero-order chi connectivity index (χ0) is 15.8. The van der Waals surface area contributed by atoms with Crippen LogP contribution in [-0.4, -0.2) is 11.1 Å². The quantitative estimate of drug-likeness (QED) is 0.872. The lowest BCUT2D eigenvalue weighted by molar-refractivity contribution is -0.137. The minimum atomic E-state index is -4.41. The second kappa shape index (κ2) is 5.24. The van der Waals surface area contributed by atoms with Gasteiger partial charge in [0.2, 0.25) is 0 Å². The van der Waals surface area contributed by atoms with E-state index in [1.807, 2.05) is 6.92 Å². The van der Waals surface area contributed by atoms with Crippen LogP contribution in [0.3, 0.4) is 0 Å². The zero-order valence-corrected chi connectivity index (χ0v) is 11.5. The van der Waals surface area contributed by atoms with Gasteiger partial charge in [-0.25, -0.2) is 4.79 Å². The molecule has 0 aliphatic heterocycles. The molecule has 2 aromatic carbocycles. The summed E-state index contributed by atoms with van der Waals surface area (Å²) in [6.45, 7) is 3.62. The van der Waals surface area contributed by atoms with Gasteiger partial charge >= 0.3 is 12.1 Å². The molecule has 110 valence electrons. The molecule has 5 heteroatoms. The Bertz CT molecular complexity index is 686. The van der Waals surface area contributed by atoms with Crippen molar-refractivity contribution in [2.75, 3.05) is 0 Å². The third-order valence-electron chi connectivity index (χ3n) is 3.39. The number of rotatable bonds is 2. The highest BCUT2D eigenvalue weighted by Crippen LogP contribution is 2.32. The van der Waals surface area contributed by atoms with Gasteiger partial charge in [0.25, 0.3) is 0 Å². The number of hydrogen-bond donors (Lipinski definition) is 1. The molecule has 1 N–H and O–H groups in total. The van der Waals surface area contributed by atoms with Gasteiger partial charge in [0.05, 0.1) is 11.1 Å². The molecule has 21 heavy (non-hydrogen) atoms. The monoisotopic (exact) mass is 294 g/mol. The van der Waals surface area contributed by atoms with Crippen molar-refractivity contribution >= 4 is 5.97 Å². The molecule has 2 rings (SSSR count). The highest BCUT2D eigenvalue weighted by Gasteiger charge is 2.30. The maximum atomic E-state index is 12.6. The van der Waals surface area contributed by atoms with E-state index in [0.29, 0.717) is 11.1 Å². The third kappa shape index (κ3) is 3.07. The molecule has 0 saturated heterocycles. The second-order valence-electron chi connectivity index (χ2n) is 4.86. The molecule has 0 spiro atoms. The topological polar surface area (TPSA) is 37.3 Å². The Labute approximate surface area is 119 Å². The molecule has 2 nitrogen and oxygen atoms in total. The fraction of sp³-hybridized carbons (Fsp3) is 0.188. The van der Waals surface area contributed by atoms with Crippen LogP contribution in [0, 0.1) is 13.8 Å². The van der Waals surface area contributed by atoms with Crippen LogP contribution in [0.5, 0.6) is 0 Å². The van der Waals surface area contributed by atoms with Crippen molar-refractivity contribution in [3.05, 3.63) is 58.7 Å². The van der Waals surface area contributed by atoms with E-state index in [1.165, 1.54) is 18.2 Å². The predicted octanol–water partition coefficient (Wildman–Crippen LogP) is 4.69. The summed E-state index contributed by atoms with van der Waals surface area (Å²) < 4.78 is 37.7. The van der Waals surface area contributed by atoms with E-state index >= 15 is 0 Å². The summed E-state index contributed by atoms with van der Waals surface area (Å²) in [6, 6.07) is 7.71. The van der Waals surface area contributed by atoms with E-state index in [4.69, 9.17) is 0 Å². The van der Waals surface area contributed by atoms with Crippen LogP contribution in [-0.2, 0) is 6.18 Å². The fourth-order valence-corrected chi connectivity index (χ4v) is 2.07. The van der Waals surface area contributed by atoms with Crippen LogP contribution < -0.4 is 0 Å². The molecule has 0 heterocycles. The Balaban J connectivity index is 2.56. The smallest absolute Gasteiger partial charge is 0.416 e. The first kappa shape index (κ1) is 15.1. The summed E-state index contributed by atoms with van der Waals surface area (Å²) in [5.74, 6) is -1.10. The average Bonchev–Trinajstić information content (AvgIpc) is 2.40. The van der Waals surface area contributed by atoms with E-state index in [9.17, 15) is 23.1 Å². The molecule has 0 fully saturated rings. The Hall–Kier alpha value is -2.30. The lowest BCUT2D eigenvalue weighted by atomic mass is 9.94. The number of carboxylic acid groups (broad SMARTS) is 1. The first-order valence-corrected chi connectivity index (χ1v) is 6.22. The normalized spacial score (nSPS) is 11.5. The maximum absolute atomic E-state index is 12.6. The van der Waals surface area contributed by atoms with Gasteiger partial charge in [-0.05, 0) is 54.3 Å². The van der Waals surface area contributed by atoms with E-state index in [-0.39, 0.29) is 5.56 Å². The third-order valence-corrected chi connectivity index (χ3v) is 3.39. The number of aryl methyl sites for hydroxylation is 2. The first-order chi connectivity index (χ1) is 9.70. The minimum absolute atomic E-state index is 0.0814. The molecule has 0 bridgehead atoms. The SMILES string of the molecule is Cc1cc(C(=O)O)c(-c2ccc(C(F)(F)F)cc2)cc1C. The van der Waals surface area contributed by atoms with Crippen molar-refractivity contribution < 1.29 is 23.1 Å². The lowest BCUT2D eigenvalue weighted by Crippen LogP contribution is -2.05.